The number of rotatable bonds is 11. The van der Waals surface area contributed by atoms with E-state index in [2.05, 4.69) is 37.4 Å². The molecule has 3 amide bonds. The van der Waals surface area contributed by atoms with Gasteiger partial charge in [0.15, 0.2) is 29.2 Å². The van der Waals surface area contributed by atoms with Crippen LogP contribution in [0.2, 0.25) is 4.34 Å². The molecule has 3 aromatic heterocycles. The van der Waals surface area contributed by atoms with Gasteiger partial charge >= 0.3 is 11.9 Å². The molecule has 2 fully saturated rings. The number of hydrogen-bond acceptors (Lipinski definition) is 14. The minimum Gasteiger partial charge on any atom is -0.456 e. The number of thiophene rings is 1. The number of nitrogens with zero attached hydrogens (tertiary/aromatic N) is 6. The van der Waals surface area contributed by atoms with Crippen LogP contribution in [0.25, 0.3) is 11.2 Å². The average Bonchev–Trinajstić information content (AvgIpc) is 3.31. The van der Waals surface area contributed by atoms with Crippen molar-refractivity contribution in [1.82, 2.24) is 34.6 Å². The lowest BCUT2D eigenvalue weighted by atomic mass is 9.97. The number of anilines is 1. The maximum atomic E-state index is 13.6. The number of likely N-dealkylation sites (N-methyl/N-ethyl adjacent to an activating group) is 2. The highest BCUT2D eigenvalue weighted by Crippen LogP contribution is 2.69. The largest absolute Gasteiger partial charge is 0.456 e. The Morgan fingerprint density at radius 2 is 1.69 bits per heavy atom. The summed E-state index contributed by atoms with van der Waals surface area (Å²) in [6, 6.07) is 2.68. The Hall–Kier alpha value is -4.83. The first kappa shape index (κ1) is 35.5. The molecule has 5 rings (SSSR count). The Bertz CT molecular complexity index is 1870. The Morgan fingerprint density at radius 1 is 1.04 bits per heavy atom. The van der Waals surface area contributed by atoms with Gasteiger partial charge in [0.1, 0.15) is 13.1 Å². The minimum atomic E-state index is -1.30. The van der Waals surface area contributed by atoms with Crippen molar-refractivity contribution in [1.29, 1.82) is 0 Å². The summed E-state index contributed by atoms with van der Waals surface area (Å²) in [7, 11) is 5.88. The maximum Gasteiger partial charge on any atom is 0.326 e. The Balaban J connectivity index is 1.59. The lowest BCUT2D eigenvalue weighted by Crippen LogP contribution is -2.48. The van der Waals surface area contributed by atoms with Crippen molar-refractivity contribution in [3.05, 3.63) is 33.5 Å². The number of nitrogens with two attached hydrogens (primary N) is 2. The standard InChI is InChI=1S/C30H35ClN10O7S/c1-34-27-23-28(38-18(37-27)8-6-15-5-7-17(31)49-15)41(14-36-23)24-16-9-30(16,29(46)35-2)26(48-22(45)13-40(4)20(43)11-33)25(24)47-21(44)12-39(3)19(42)10-32/h5,7,14,16,24-26H,9-13,32-33H2,1-4H3,(H,35,46)(H,34,37,38). The number of fused-ring (bicyclic) bond motifs is 2. The van der Waals surface area contributed by atoms with Crippen LogP contribution >= 0.6 is 22.9 Å². The highest BCUT2D eigenvalue weighted by Gasteiger charge is 2.78. The molecular formula is C30H35ClN10O7S. The van der Waals surface area contributed by atoms with E-state index in [0.29, 0.717) is 26.2 Å². The third-order valence-corrected chi connectivity index (χ3v) is 9.72. The van der Waals surface area contributed by atoms with Crippen LogP contribution in [0.1, 0.15) is 23.2 Å². The third kappa shape index (κ3) is 6.87. The van der Waals surface area contributed by atoms with Crippen LogP contribution in [-0.4, -0.2) is 126 Å². The highest BCUT2D eigenvalue weighted by molar-refractivity contribution is 7.16. The van der Waals surface area contributed by atoms with E-state index >= 15 is 0 Å². The topological polar surface area (TPSA) is 230 Å². The summed E-state index contributed by atoms with van der Waals surface area (Å²) >= 11 is 7.35. The summed E-state index contributed by atoms with van der Waals surface area (Å²) in [5.41, 5.74) is 10.3. The van der Waals surface area contributed by atoms with Gasteiger partial charge in [-0.15, -0.1) is 11.3 Å². The van der Waals surface area contributed by atoms with E-state index in [0.717, 1.165) is 9.80 Å². The van der Waals surface area contributed by atoms with E-state index in [1.807, 2.05) is 0 Å². The number of halogens is 1. The van der Waals surface area contributed by atoms with Crippen LogP contribution in [0.15, 0.2) is 18.5 Å². The summed E-state index contributed by atoms with van der Waals surface area (Å²) in [5.74, 6) is 2.83. The lowest BCUT2D eigenvalue weighted by molar-refractivity contribution is -0.176. The van der Waals surface area contributed by atoms with Crippen molar-refractivity contribution in [2.24, 2.45) is 22.8 Å². The van der Waals surface area contributed by atoms with Crippen LogP contribution < -0.4 is 22.1 Å². The van der Waals surface area contributed by atoms with Crippen molar-refractivity contribution >= 4 is 69.6 Å². The Labute approximate surface area is 289 Å². The smallest absolute Gasteiger partial charge is 0.326 e. The molecule has 3 aromatic rings. The first-order valence-electron chi connectivity index (χ1n) is 15.1. The number of amides is 3. The second-order valence-corrected chi connectivity index (χ2v) is 13.2. The van der Waals surface area contributed by atoms with Gasteiger partial charge in [0.05, 0.1) is 40.1 Å². The molecule has 0 aliphatic heterocycles. The van der Waals surface area contributed by atoms with Gasteiger partial charge in [-0.2, -0.15) is 0 Å². The lowest BCUT2D eigenvalue weighted by Gasteiger charge is -2.31. The SMILES string of the molecule is CNC(=O)C12CC1C(n1cnc3c(NC)nc(C#Cc4ccc(Cl)s4)nc31)C(OC(=O)CN(C)C(=O)CN)C2OC(=O)CN(C)C(=O)CN. The Morgan fingerprint density at radius 3 is 2.27 bits per heavy atom. The van der Waals surface area contributed by atoms with Gasteiger partial charge in [0.2, 0.25) is 23.5 Å². The summed E-state index contributed by atoms with van der Waals surface area (Å²) < 4.78 is 14.1. The number of ether oxygens (including phenoxy) is 2. The molecule has 49 heavy (non-hydrogen) atoms. The fraction of sp³-hybridized carbons (Fsp3) is 0.467. The summed E-state index contributed by atoms with van der Waals surface area (Å²) in [5, 5.41) is 5.65. The van der Waals surface area contributed by atoms with E-state index in [4.69, 9.17) is 32.5 Å². The zero-order valence-electron chi connectivity index (χ0n) is 27.1. The molecule has 0 saturated heterocycles. The number of carbonyl (C=O) groups is 5. The summed E-state index contributed by atoms with van der Waals surface area (Å²) in [6.45, 7) is -1.59. The van der Waals surface area contributed by atoms with Gasteiger partial charge in [-0.05, 0) is 30.4 Å². The second-order valence-electron chi connectivity index (χ2n) is 11.5. The average molecular weight is 715 g/mol. The van der Waals surface area contributed by atoms with E-state index in [9.17, 15) is 24.0 Å². The van der Waals surface area contributed by atoms with E-state index < -0.39 is 72.3 Å². The van der Waals surface area contributed by atoms with Gasteiger partial charge in [-0.25, -0.2) is 15.0 Å². The molecule has 260 valence electrons. The predicted octanol–water partition coefficient (Wildman–Crippen LogP) is -1.05. The summed E-state index contributed by atoms with van der Waals surface area (Å²) in [4.78, 5) is 80.9. The van der Waals surface area contributed by atoms with Crippen LogP contribution in [0.5, 0.6) is 0 Å². The van der Waals surface area contributed by atoms with Crippen molar-refractivity contribution < 1.29 is 33.4 Å². The molecule has 0 aromatic carbocycles. The second kappa shape index (κ2) is 14.3. The summed E-state index contributed by atoms with van der Waals surface area (Å²) in [6.07, 6.45) is -0.794. The monoisotopic (exact) mass is 714 g/mol. The van der Waals surface area contributed by atoms with Crippen molar-refractivity contribution in [3.8, 4) is 11.8 Å². The zero-order valence-corrected chi connectivity index (χ0v) is 28.6. The number of nitrogens with one attached hydrogen (secondary N) is 2. The maximum absolute atomic E-state index is 13.6. The molecule has 6 N–H and O–H groups in total. The molecule has 19 heteroatoms. The molecule has 2 saturated carbocycles. The van der Waals surface area contributed by atoms with Gasteiger partial charge in [0, 0.05) is 34.1 Å². The molecule has 0 radical (unpaired) electrons. The number of aromatic nitrogens is 4. The van der Waals surface area contributed by atoms with Gasteiger partial charge in [0.25, 0.3) is 0 Å². The number of esters is 2. The van der Waals surface area contributed by atoms with Crippen LogP contribution in [0, 0.1) is 23.2 Å². The van der Waals surface area contributed by atoms with Crippen molar-refractivity contribution in [2.45, 2.75) is 24.7 Å². The van der Waals surface area contributed by atoms with Crippen LogP contribution in [-0.2, 0) is 33.4 Å². The van der Waals surface area contributed by atoms with Crippen LogP contribution in [0.4, 0.5) is 5.82 Å². The van der Waals surface area contributed by atoms with Crippen molar-refractivity contribution in [3.63, 3.8) is 0 Å². The fourth-order valence-electron chi connectivity index (χ4n) is 6.14. The van der Waals surface area contributed by atoms with E-state index in [1.54, 1.807) is 23.7 Å². The number of imidazole rings is 1. The zero-order chi connectivity index (χ0) is 35.6. The normalized spacial score (nSPS) is 21.9. The third-order valence-electron chi connectivity index (χ3n) is 8.57. The first-order chi connectivity index (χ1) is 23.4. The number of hydrogen-bond donors (Lipinski definition) is 4. The fourth-order valence-corrected chi connectivity index (χ4v) is 7.04. The molecular weight excluding hydrogens is 680 g/mol. The molecule has 5 unspecified atom stereocenters. The quantitative estimate of drug-likeness (QED) is 0.137. The molecule has 5 atom stereocenters. The van der Waals surface area contributed by atoms with Gasteiger partial charge < -0.3 is 45.9 Å². The first-order valence-corrected chi connectivity index (χ1v) is 16.3. The van der Waals surface area contributed by atoms with E-state index in [-0.39, 0.29) is 25.3 Å². The molecule has 0 spiro atoms. The minimum absolute atomic E-state index is 0.153. The van der Waals surface area contributed by atoms with Crippen LogP contribution in [0.3, 0.4) is 0 Å². The molecule has 17 nitrogen and oxygen atoms in total. The molecule has 2 aliphatic rings. The highest BCUT2D eigenvalue weighted by atomic mass is 35.5. The van der Waals surface area contributed by atoms with E-state index in [1.165, 1.54) is 38.8 Å². The molecule has 3 heterocycles. The molecule has 0 bridgehead atoms. The predicted molar refractivity (Wildman–Crippen MR) is 177 cm³/mol. The molecule has 2 aliphatic carbocycles. The van der Waals surface area contributed by atoms with Crippen molar-refractivity contribution in [2.75, 3.05) is 59.7 Å². The van der Waals surface area contributed by atoms with Gasteiger partial charge in [-0.1, -0.05) is 11.6 Å². The van der Waals surface area contributed by atoms with Gasteiger partial charge in [-0.3, -0.25) is 24.0 Å². The number of carbonyl (C=O) groups excluding carboxylic acids is 5. The Kier molecular flexibility index (Phi) is 10.4.